The van der Waals surface area contributed by atoms with E-state index in [1.807, 2.05) is 0 Å². The molecule has 0 aliphatic carbocycles. The van der Waals surface area contributed by atoms with Crippen molar-refractivity contribution >= 4 is 24.6 Å². The Morgan fingerprint density at radius 2 is 1.58 bits per heavy atom. The van der Waals surface area contributed by atoms with Gasteiger partial charge in [0.25, 0.3) is 0 Å². The van der Waals surface area contributed by atoms with E-state index in [1.165, 1.54) is 44.9 Å². The molecule has 0 aromatic carbocycles. The molecule has 0 spiro atoms. The number of nitrogens with two attached hydrogens (primary N) is 1. The molecular formula is C25H49N6O4P. The van der Waals surface area contributed by atoms with Crippen LogP contribution in [0.15, 0.2) is 12.7 Å². The SMILES string of the molecule is [2H]C([2H])([2H])CCCCCCCCCCCCCCCOP(=O)([O-])CO[C@H](C)Cn1cnc2c(N)ncnc21.[NH4+]. The van der Waals surface area contributed by atoms with Crippen LogP contribution in [-0.2, 0) is 20.4 Å². The van der Waals surface area contributed by atoms with Crippen LogP contribution in [0.2, 0.25) is 0 Å². The average molecular weight is 532 g/mol. The van der Waals surface area contributed by atoms with Gasteiger partial charge in [-0.15, -0.1) is 0 Å². The van der Waals surface area contributed by atoms with Crippen LogP contribution in [0.25, 0.3) is 11.2 Å². The van der Waals surface area contributed by atoms with E-state index in [1.54, 1.807) is 17.8 Å². The normalized spacial score (nSPS) is 15.6. The molecule has 0 saturated carbocycles. The van der Waals surface area contributed by atoms with E-state index in [9.17, 15) is 9.46 Å². The van der Waals surface area contributed by atoms with Gasteiger partial charge in [0, 0.05) is 4.11 Å². The Balaban J connectivity index is 0.00000760. The highest BCUT2D eigenvalue weighted by molar-refractivity contribution is 7.51. The number of nitrogen functional groups attached to an aromatic ring is 1. The monoisotopic (exact) mass is 531 g/mol. The van der Waals surface area contributed by atoms with Crippen LogP contribution in [0.3, 0.4) is 0 Å². The smallest absolute Gasteiger partial charge is 0.165 e. The van der Waals surface area contributed by atoms with Crippen LogP contribution < -0.4 is 16.8 Å². The fraction of sp³-hybridized carbons (Fsp3) is 0.800. The van der Waals surface area contributed by atoms with Crippen molar-refractivity contribution in [3.8, 4) is 0 Å². The highest BCUT2D eigenvalue weighted by Gasteiger charge is 2.14. The maximum atomic E-state index is 12.2. The summed E-state index contributed by atoms with van der Waals surface area (Å²) in [5.41, 5.74) is 6.87. The molecule has 2 aromatic rings. The molecule has 0 amide bonds. The van der Waals surface area contributed by atoms with Crippen LogP contribution in [0, 0.1) is 0 Å². The molecule has 208 valence electrons. The van der Waals surface area contributed by atoms with E-state index in [2.05, 4.69) is 15.0 Å². The van der Waals surface area contributed by atoms with Crippen molar-refractivity contribution in [2.75, 3.05) is 18.7 Å². The lowest BCUT2D eigenvalue weighted by Gasteiger charge is -2.25. The van der Waals surface area contributed by atoms with Gasteiger partial charge in [0.05, 0.1) is 25.6 Å². The van der Waals surface area contributed by atoms with E-state index in [-0.39, 0.29) is 18.9 Å². The zero-order valence-electron chi connectivity index (χ0n) is 25.2. The lowest BCUT2D eigenvalue weighted by molar-refractivity contribution is -0.205. The van der Waals surface area contributed by atoms with Crippen molar-refractivity contribution in [2.24, 2.45) is 0 Å². The summed E-state index contributed by atoms with van der Waals surface area (Å²) in [4.78, 5) is 24.4. The van der Waals surface area contributed by atoms with Crippen molar-refractivity contribution in [1.29, 1.82) is 0 Å². The first kappa shape index (κ1) is 27.5. The third-order valence-corrected chi connectivity index (χ3v) is 7.05. The van der Waals surface area contributed by atoms with Crippen molar-refractivity contribution in [3.63, 3.8) is 0 Å². The first-order chi connectivity index (χ1) is 18.1. The third kappa shape index (κ3) is 13.1. The number of unbranched alkanes of at least 4 members (excludes halogenated alkanes) is 12. The zero-order chi connectivity index (χ0) is 27.9. The second kappa shape index (κ2) is 18.6. The average Bonchev–Trinajstić information content (AvgIpc) is 3.26. The number of quaternary nitrogens is 1. The maximum absolute atomic E-state index is 12.2. The van der Waals surface area contributed by atoms with Gasteiger partial charge in [0.1, 0.15) is 18.2 Å². The number of ether oxygens (including phenoxy) is 1. The molecule has 2 rings (SSSR count). The van der Waals surface area contributed by atoms with E-state index in [4.69, 9.17) is 19.1 Å². The van der Waals surface area contributed by atoms with Gasteiger partial charge in [-0.1, -0.05) is 90.3 Å². The van der Waals surface area contributed by atoms with Gasteiger partial charge in [-0.2, -0.15) is 0 Å². The van der Waals surface area contributed by atoms with Crippen molar-refractivity contribution in [3.05, 3.63) is 12.7 Å². The molecule has 6 N–H and O–H groups in total. The molecule has 11 heteroatoms. The number of hydrogen-bond acceptors (Lipinski definition) is 8. The van der Waals surface area contributed by atoms with Gasteiger partial charge in [0.15, 0.2) is 19.1 Å². The summed E-state index contributed by atoms with van der Waals surface area (Å²) in [7, 11) is -4.05. The number of aromatic nitrogens is 4. The standard InChI is InChI=1S/C25H46N5O4P.H3N/c1-3-4-5-6-7-8-9-10-11-12-13-14-15-16-17-34-35(31,32)21-33-22(2)18-30-20-29-23-24(26)27-19-28-25(23)30;/h19-20,22H,3-18,21H2,1-2H3,(H,31,32)(H2,26,27,28);1H3/t22-;/m1./s1/i1D3;. The van der Waals surface area contributed by atoms with Crippen LogP contribution in [0.1, 0.15) is 108 Å². The Morgan fingerprint density at radius 3 is 2.19 bits per heavy atom. The fourth-order valence-corrected chi connectivity index (χ4v) is 4.91. The number of hydrogen-bond donors (Lipinski definition) is 2. The van der Waals surface area contributed by atoms with E-state index in [0.717, 1.165) is 38.5 Å². The van der Waals surface area contributed by atoms with Crippen LogP contribution in [-0.4, -0.2) is 38.6 Å². The Bertz CT molecular complexity index is 979. The van der Waals surface area contributed by atoms with Crippen molar-refractivity contribution in [2.45, 2.75) is 116 Å². The highest BCUT2D eigenvalue weighted by atomic mass is 31.2. The van der Waals surface area contributed by atoms with Gasteiger partial charge in [-0.25, -0.2) is 15.0 Å². The van der Waals surface area contributed by atoms with Crippen LogP contribution >= 0.6 is 7.60 Å². The van der Waals surface area contributed by atoms with Crippen LogP contribution in [0.4, 0.5) is 5.82 Å². The Labute approximate surface area is 221 Å². The number of rotatable bonds is 21. The second-order valence-corrected chi connectivity index (χ2v) is 11.0. The number of fused-ring (bicyclic) bond motifs is 1. The van der Waals surface area contributed by atoms with Gasteiger partial charge in [0.2, 0.25) is 0 Å². The van der Waals surface area contributed by atoms with Gasteiger partial charge in [-0.05, 0) is 13.3 Å². The van der Waals surface area contributed by atoms with Gasteiger partial charge < -0.3 is 35.2 Å². The lowest BCUT2D eigenvalue weighted by atomic mass is 10.0. The minimum atomic E-state index is -4.05. The fourth-order valence-electron chi connectivity index (χ4n) is 3.99. The molecule has 0 saturated heterocycles. The summed E-state index contributed by atoms with van der Waals surface area (Å²) >= 11 is 0. The predicted molar refractivity (Wildman–Crippen MR) is 145 cm³/mol. The highest BCUT2D eigenvalue weighted by Crippen LogP contribution is 2.37. The molecule has 0 aliphatic heterocycles. The summed E-state index contributed by atoms with van der Waals surface area (Å²) in [6.45, 7) is 0.571. The number of nitrogens with zero attached hydrogens (tertiary/aromatic N) is 4. The summed E-state index contributed by atoms with van der Waals surface area (Å²) in [5.74, 6) is 0.296. The maximum Gasteiger partial charge on any atom is 0.165 e. The predicted octanol–water partition coefficient (Wildman–Crippen LogP) is 6.20. The zero-order valence-corrected chi connectivity index (χ0v) is 23.1. The summed E-state index contributed by atoms with van der Waals surface area (Å²) in [5, 5.41) is 0. The third-order valence-electron chi connectivity index (χ3n) is 6.01. The molecule has 0 fully saturated rings. The van der Waals surface area contributed by atoms with Crippen molar-refractivity contribution < 1.29 is 22.8 Å². The molecule has 36 heavy (non-hydrogen) atoms. The molecule has 0 bridgehead atoms. The Kier molecular flexibility index (Phi) is 14.2. The van der Waals surface area contributed by atoms with Crippen molar-refractivity contribution in [1.82, 2.24) is 25.7 Å². The van der Waals surface area contributed by atoms with E-state index in [0.29, 0.717) is 36.4 Å². The molecule has 2 heterocycles. The van der Waals surface area contributed by atoms with Crippen LogP contribution in [0.5, 0.6) is 0 Å². The van der Waals surface area contributed by atoms with E-state index < -0.39 is 20.8 Å². The van der Waals surface area contributed by atoms with E-state index >= 15 is 0 Å². The molecule has 10 nitrogen and oxygen atoms in total. The minimum Gasteiger partial charge on any atom is -0.777 e. The number of imidazole rings is 1. The molecule has 0 aliphatic rings. The largest absolute Gasteiger partial charge is 0.777 e. The Hall–Kier alpha value is -1.58. The quantitative estimate of drug-likeness (QED) is 0.142. The lowest BCUT2D eigenvalue weighted by Crippen LogP contribution is -2.20. The summed E-state index contributed by atoms with van der Waals surface area (Å²) in [6, 6.07) is 0. The summed E-state index contributed by atoms with van der Waals surface area (Å²) in [6.07, 6.45) is 16.6. The first-order valence-corrected chi connectivity index (χ1v) is 14.8. The topological polar surface area (TPSA) is 165 Å². The first-order valence-electron chi connectivity index (χ1n) is 14.5. The van der Waals surface area contributed by atoms with Gasteiger partial charge in [-0.3, -0.25) is 0 Å². The second-order valence-electron chi connectivity index (χ2n) is 9.22. The summed E-state index contributed by atoms with van der Waals surface area (Å²) < 4.78 is 46.1. The minimum absolute atomic E-state index is 0. The molecule has 2 aromatic heterocycles. The van der Waals surface area contributed by atoms with Gasteiger partial charge >= 0.3 is 0 Å². The molecule has 1 unspecified atom stereocenters. The molecular weight excluding hydrogens is 479 g/mol. The number of anilines is 1. The molecule has 2 atom stereocenters. The Morgan fingerprint density at radius 1 is 1.00 bits per heavy atom. The molecule has 0 radical (unpaired) electrons.